The normalized spacial score (nSPS) is 11.9. The summed E-state index contributed by atoms with van der Waals surface area (Å²) in [6.45, 7) is 0. The van der Waals surface area contributed by atoms with Crippen LogP contribution < -0.4 is 5.32 Å². The van der Waals surface area contributed by atoms with Crippen molar-refractivity contribution >= 4 is 46.4 Å². The van der Waals surface area contributed by atoms with Gasteiger partial charge in [0.2, 0.25) is 5.91 Å². The zero-order valence-corrected chi connectivity index (χ0v) is 18.4. The van der Waals surface area contributed by atoms with E-state index >= 15 is 0 Å². The van der Waals surface area contributed by atoms with E-state index in [0.29, 0.717) is 17.9 Å². The summed E-state index contributed by atoms with van der Waals surface area (Å²) in [5.74, 6) is -1.44. The number of carbonyl (C=O) groups is 1. The third kappa shape index (κ3) is 5.82. The van der Waals surface area contributed by atoms with Gasteiger partial charge in [0.1, 0.15) is 5.82 Å². The Kier molecular flexibility index (Phi) is 6.97. The number of carbonyl (C=O) groups excluding carboxylic acids is 1. The summed E-state index contributed by atoms with van der Waals surface area (Å²) in [5, 5.41) is 10.6. The van der Waals surface area contributed by atoms with Gasteiger partial charge in [0.05, 0.1) is 22.5 Å². The van der Waals surface area contributed by atoms with Crippen molar-refractivity contribution in [1.29, 1.82) is 0 Å². The van der Waals surface area contributed by atoms with Crippen LogP contribution in [0.4, 0.5) is 23.2 Å². The molecule has 10 heteroatoms. The quantitative estimate of drug-likeness (QED) is 0.234. The number of halogens is 4. The summed E-state index contributed by atoms with van der Waals surface area (Å²) in [7, 11) is 0. The Labute approximate surface area is 196 Å². The summed E-state index contributed by atoms with van der Waals surface area (Å²) in [6, 6.07) is 13.8. The van der Waals surface area contributed by atoms with Crippen LogP contribution in [0.2, 0.25) is 0 Å². The van der Waals surface area contributed by atoms with E-state index in [2.05, 4.69) is 20.5 Å². The van der Waals surface area contributed by atoms with Gasteiger partial charge in [0.25, 0.3) is 0 Å². The molecule has 2 aromatic heterocycles. The number of benzene rings is 2. The maximum atomic E-state index is 13.4. The van der Waals surface area contributed by atoms with Crippen molar-refractivity contribution in [2.75, 3.05) is 11.1 Å². The largest absolute Gasteiger partial charge is 0.419 e. The SMILES string of the molecule is O=C(CCSc1ccc2c(/C=C/c3ccccn3)n[nH]c2c1)Nc1ccc(F)c(C(F)(F)F)c1. The zero-order valence-electron chi connectivity index (χ0n) is 17.6. The topological polar surface area (TPSA) is 70.7 Å². The molecule has 0 atom stereocenters. The van der Waals surface area contributed by atoms with Crippen LogP contribution in [0.5, 0.6) is 0 Å². The Bertz CT molecular complexity index is 1340. The Morgan fingerprint density at radius 2 is 1.94 bits per heavy atom. The van der Waals surface area contributed by atoms with Crippen molar-refractivity contribution in [3.8, 4) is 0 Å². The van der Waals surface area contributed by atoms with Crippen molar-refractivity contribution in [3.05, 3.63) is 83.6 Å². The summed E-state index contributed by atoms with van der Waals surface area (Å²) in [6.07, 6.45) is 0.696. The molecule has 0 bridgehead atoms. The highest BCUT2D eigenvalue weighted by Crippen LogP contribution is 2.33. The fourth-order valence-corrected chi connectivity index (χ4v) is 4.07. The first kappa shape index (κ1) is 23.5. The van der Waals surface area contributed by atoms with Crippen LogP contribution >= 0.6 is 11.8 Å². The minimum Gasteiger partial charge on any atom is -0.326 e. The molecule has 1 amide bonds. The van der Waals surface area contributed by atoms with Gasteiger partial charge in [-0.2, -0.15) is 18.3 Å². The molecule has 174 valence electrons. The lowest BCUT2D eigenvalue weighted by molar-refractivity contribution is -0.140. The average Bonchev–Trinajstić information content (AvgIpc) is 3.21. The number of aromatic nitrogens is 3. The summed E-state index contributed by atoms with van der Waals surface area (Å²) < 4.78 is 51.8. The predicted molar refractivity (Wildman–Crippen MR) is 125 cm³/mol. The van der Waals surface area contributed by atoms with E-state index in [-0.39, 0.29) is 12.1 Å². The van der Waals surface area contributed by atoms with E-state index in [1.54, 1.807) is 6.20 Å². The molecule has 0 aliphatic carbocycles. The second-order valence-electron chi connectivity index (χ2n) is 7.24. The summed E-state index contributed by atoms with van der Waals surface area (Å²) >= 11 is 1.43. The van der Waals surface area contributed by atoms with Gasteiger partial charge in [-0.25, -0.2) is 4.39 Å². The lowest BCUT2D eigenvalue weighted by Crippen LogP contribution is -2.14. The van der Waals surface area contributed by atoms with E-state index in [1.807, 2.05) is 48.6 Å². The van der Waals surface area contributed by atoms with Gasteiger partial charge < -0.3 is 5.32 Å². The van der Waals surface area contributed by atoms with Crippen LogP contribution in [0.25, 0.3) is 23.1 Å². The molecule has 2 aromatic carbocycles. The standard InChI is InChI=1S/C24H18F4N4OS/c25-20-8-4-16(13-19(20)24(26,27)28)30-23(33)10-12-34-17-6-7-18-21(31-32-22(18)14-17)9-5-15-3-1-2-11-29-15/h1-9,11,13-14H,10,12H2,(H,30,33)(H,31,32)/b9-5+. The molecule has 34 heavy (non-hydrogen) atoms. The number of rotatable bonds is 7. The van der Waals surface area contributed by atoms with Crippen LogP contribution in [0, 0.1) is 5.82 Å². The molecular formula is C24H18F4N4OS. The first-order chi connectivity index (χ1) is 16.3. The number of H-pyrrole nitrogens is 1. The smallest absolute Gasteiger partial charge is 0.326 e. The Hall–Kier alpha value is -3.66. The molecule has 0 radical (unpaired) electrons. The number of hydrogen-bond donors (Lipinski definition) is 2. The minimum atomic E-state index is -4.83. The van der Waals surface area contributed by atoms with Gasteiger partial charge in [-0.05, 0) is 60.7 Å². The van der Waals surface area contributed by atoms with E-state index in [0.717, 1.165) is 33.3 Å². The van der Waals surface area contributed by atoms with Gasteiger partial charge in [-0.3, -0.25) is 14.9 Å². The number of amides is 1. The van der Waals surface area contributed by atoms with Gasteiger partial charge >= 0.3 is 6.18 Å². The summed E-state index contributed by atoms with van der Waals surface area (Å²) in [4.78, 5) is 17.3. The number of nitrogens with zero attached hydrogens (tertiary/aromatic N) is 2. The highest BCUT2D eigenvalue weighted by atomic mass is 32.2. The molecule has 0 unspecified atom stereocenters. The predicted octanol–water partition coefficient (Wildman–Crippen LogP) is 6.41. The molecular weight excluding hydrogens is 468 g/mol. The number of fused-ring (bicyclic) bond motifs is 1. The fraction of sp³-hybridized carbons (Fsp3) is 0.125. The molecule has 4 aromatic rings. The van der Waals surface area contributed by atoms with E-state index < -0.39 is 23.5 Å². The first-order valence-electron chi connectivity index (χ1n) is 10.2. The maximum absolute atomic E-state index is 13.4. The van der Waals surface area contributed by atoms with Crippen LogP contribution in [0.3, 0.4) is 0 Å². The molecule has 0 saturated carbocycles. The van der Waals surface area contributed by atoms with Gasteiger partial charge in [-0.15, -0.1) is 11.8 Å². The highest BCUT2D eigenvalue weighted by Gasteiger charge is 2.34. The van der Waals surface area contributed by atoms with Crippen molar-refractivity contribution in [2.24, 2.45) is 0 Å². The lowest BCUT2D eigenvalue weighted by Gasteiger charge is -2.11. The number of hydrogen-bond acceptors (Lipinski definition) is 4. The van der Waals surface area contributed by atoms with Gasteiger partial charge in [0.15, 0.2) is 0 Å². The third-order valence-electron chi connectivity index (χ3n) is 4.82. The third-order valence-corrected chi connectivity index (χ3v) is 5.81. The molecule has 0 aliphatic rings. The Balaban J connectivity index is 1.33. The molecule has 2 N–H and O–H groups in total. The van der Waals surface area contributed by atoms with E-state index in [4.69, 9.17) is 0 Å². The highest BCUT2D eigenvalue weighted by molar-refractivity contribution is 7.99. The molecule has 0 fully saturated rings. The number of alkyl halides is 3. The minimum absolute atomic E-state index is 0.0719. The lowest BCUT2D eigenvalue weighted by atomic mass is 10.2. The van der Waals surface area contributed by atoms with Crippen molar-refractivity contribution < 1.29 is 22.4 Å². The Morgan fingerprint density at radius 1 is 1.09 bits per heavy atom. The number of thioether (sulfide) groups is 1. The molecule has 4 rings (SSSR count). The molecule has 0 saturated heterocycles. The number of pyridine rings is 1. The van der Waals surface area contributed by atoms with E-state index in [9.17, 15) is 22.4 Å². The van der Waals surface area contributed by atoms with Crippen molar-refractivity contribution in [1.82, 2.24) is 15.2 Å². The average molecular weight is 486 g/mol. The molecule has 2 heterocycles. The monoisotopic (exact) mass is 486 g/mol. The summed E-state index contributed by atoms with van der Waals surface area (Å²) in [5.41, 5.74) is 0.908. The zero-order chi connectivity index (χ0) is 24.1. The molecule has 0 aliphatic heterocycles. The van der Waals surface area contributed by atoms with Crippen LogP contribution in [-0.4, -0.2) is 26.8 Å². The molecule has 5 nitrogen and oxygen atoms in total. The van der Waals surface area contributed by atoms with Crippen LogP contribution in [0.15, 0.2) is 65.7 Å². The second kappa shape index (κ2) is 10.1. The second-order valence-corrected chi connectivity index (χ2v) is 8.41. The van der Waals surface area contributed by atoms with Crippen LogP contribution in [0.1, 0.15) is 23.4 Å². The van der Waals surface area contributed by atoms with Crippen molar-refractivity contribution in [2.45, 2.75) is 17.5 Å². The fourth-order valence-electron chi connectivity index (χ4n) is 3.18. The van der Waals surface area contributed by atoms with E-state index in [1.165, 1.54) is 11.8 Å². The Morgan fingerprint density at radius 3 is 2.71 bits per heavy atom. The number of nitrogens with one attached hydrogen (secondary N) is 2. The number of aromatic amines is 1. The molecule has 0 spiro atoms. The first-order valence-corrected chi connectivity index (χ1v) is 11.1. The van der Waals surface area contributed by atoms with Crippen molar-refractivity contribution in [3.63, 3.8) is 0 Å². The van der Waals surface area contributed by atoms with Gasteiger partial charge in [0, 0.05) is 34.3 Å². The number of anilines is 1. The maximum Gasteiger partial charge on any atom is 0.419 e. The van der Waals surface area contributed by atoms with Crippen LogP contribution in [-0.2, 0) is 11.0 Å². The van der Waals surface area contributed by atoms with Gasteiger partial charge in [-0.1, -0.05) is 6.07 Å².